The molecule has 2 aromatic rings. The summed E-state index contributed by atoms with van der Waals surface area (Å²) in [6, 6.07) is 3.20. The Bertz CT molecular complexity index is 787. The van der Waals surface area contributed by atoms with Crippen LogP contribution in [0.5, 0.6) is 0 Å². The molecule has 1 amide bonds. The van der Waals surface area contributed by atoms with Gasteiger partial charge in [0.25, 0.3) is 5.91 Å². The molecule has 126 valence electrons. The number of ether oxygens (including phenoxy) is 1. The molecule has 2 heterocycles. The van der Waals surface area contributed by atoms with E-state index in [1.165, 1.54) is 18.0 Å². The molecule has 2 rings (SSSR count). The van der Waals surface area contributed by atoms with Crippen molar-refractivity contribution in [3.63, 3.8) is 0 Å². The third-order valence-electron chi connectivity index (χ3n) is 2.98. The number of hydrogen-bond donors (Lipinski definition) is 1. The molecule has 0 aromatic carbocycles. The number of nitrogens with zero attached hydrogens (tertiary/aromatic N) is 2. The fraction of sp³-hybridized carbons (Fsp3) is 0.200. The maximum absolute atomic E-state index is 12.0. The van der Waals surface area contributed by atoms with Gasteiger partial charge >= 0.3 is 5.97 Å². The summed E-state index contributed by atoms with van der Waals surface area (Å²) < 4.78 is 5.00. The Labute approximate surface area is 152 Å². The molecule has 0 bridgehead atoms. The minimum atomic E-state index is -0.631. The van der Waals surface area contributed by atoms with Crippen molar-refractivity contribution < 1.29 is 14.3 Å². The summed E-state index contributed by atoms with van der Waals surface area (Å²) in [5.41, 5.74) is 0.900. The minimum Gasteiger partial charge on any atom is -0.452 e. The zero-order valence-corrected chi connectivity index (χ0v) is 15.1. The number of halogens is 2. The number of carbonyl (C=O) groups is 2. The Kier molecular flexibility index (Phi) is 6.42. The number of anilines is 1. The highest BCUT2D eigenvalue weighted by Gasteiger charge is 2.16. The fourth-order valence-corrected chi connectivity index (χ4v) is 2.66. The Hall–Kier alpha value is -1.83. The lowest BCUT2D eigenvalue weighted by atomic mass is 10.3. The van der Waals surface area contributed by atoms with Crippen LogP contribution in [0.4, 0.5) is 5.82 Å². The number of esters is 1. The van der Waals surface area contributed by atoms with Gasteiger partial charge in [0.2, 0.25) is 0 Å². The van der Waals surface area contributed by atoms with Gasteiger partial charge in [0.15, 0.2) is 12.4 Å². The van der Waals surface area contributed by atoms with Crippen molar-refractivity contribution in [2.75, 3.05) is 18.2 Å². The molecule has 0 spiro atoms. The lowest BCUT2D eigenvalue weighted by Gasteiger charge is -2.10. The fourth-order valence-electron chi connectivity index (χ4n) is 1.73. The SMILES string of the molecule is CSc1ncccc1C(=O)OCC(=O)Nc1ncc(Cl)c(C)c1Cl. The second kappa shape index (κ2) is 8.32. The predicted octanol–water partition coefficient (Wildman–Crippen LogP) is 3.61. The van der Waals surface area contributed by atoms with Crippen LogP contribution in [0.2, 0.25) is 10.0 Å². The van der Waals surface area contributed by atoms with E-state index in [1.807, 2.05) is 0 Å². The molecule has 0 unspecified atom stereocenters. The standard InChI is InChI=1S/C15H13Cl2N3O3S/c1-8-10(16)6-19-13(12(8)17)20-11(21)7-23-15(22)9-4-3-5-18-14(9)24-2/h3-6H,7H2,1-2H3,(H,19,20,21). The van der Waals surface area contributed by atoms with Crippen LogP contribution in [0.25, 0.3) is 0 Å². The molecule has 0 radical (unpaired) electrons. The predicted molar refractivity (Wildman–Crippen MR) is 93.9 cm³/mol. The van der Waals surface area contributed by atoms with Gasteiger partial charge in [-0.1, -0.05) is 23.2 Å². The van der Waals surface area contributed by atoms with Gasteiger partial charge in [0.05, 0.1) is 15.6 Å². The molecule has 2 aromatic heterocycles. The normalized spacial score (nSPS) is 10.3. The molecular formula is C15H13Cl2N3O3S. The van der Waals surface area contributed by atoms with Crippen LogP contribution >= 0.6 is 35.0 Å². The summed E-state index contributed by atoms with van der Waals surface area (Å²) in [6.45, 7) is 1.23. The molecule has 0 aliphatic rings. The van der Waals surface area contributed by atoms with Gasteiger partial charge in [0.1, 0.15) is 5.03 Å². The van der Waals surface area contributed by atoms with E-state index < -0.39 is 18.5 Å². The summed E-state index contributed by atoms with van der Waals surface area (Å²) >= 11 is 13.3. The number of rotatable bonds is 5. The van der Waals surface area contributed by atoms with Crippen LogP contribution in [0, 0.1) is 6.92 Å². The van der Waals surface area contributed by atoms with E-state index in [2.05, 4.69) is 15.3 Å². The summed E-state index contributed by atoms with van der Waals surface area (Å²) in [5, 5.41) is 3.63. The van der Waals surface area contributed by atoms with Gasteiger partial charge in [-0.15, -0.1) is 11.8 Å². The molecule has 0 aliphatic heterocycles. The summed E-state index contributed by atoms with van der Waals surface area (Å²) in [7, 11) is 0. The van der Waals surface area contributed by atoms with Crippen LogP contribution in [0.1, 0.15) is 15.9 Å². The van der Waals surface area contributed by atoms with E-state index in [1.54, 1.807) is 31.5 Å². The second-order valence-corrected chi connectivity index (χ2v) is 6.16. The van der Waals surface area contributed by atoms with Crippen LogP contribution in [-0.4, -0.2) is 34.7 Å². The van der Waals surface area contributed by atoms with Gasteiger partial charge in [-0.25, -0.2) is 14.8 Å². The van der Waals surface area contributed by atoms with Crippen molar-refractivity contribution >= 4 is 52.7 Å². The lowest BCUT2D eigenvalue weighted by Crippen LogP contribution is -2.22. The number of amides is 1. The lowest BCUT2D eigenvalue weighted by molar-refractivity contribution is -0.119. The first kappa shape index (κ1) is 18.5. The summed E-state index contributed by atoms with van der Waals surface area (Å²) in [6.07, 6.45) is 4.75. The zero-order chi connectivity index (χ0) is 17.7. The number of carbonyl (C=O) groups excluding carboxylic acids is 2. The highest BCUT2D eigenvalue weighted by Crippen LogP contribution is 2.28. The molecule has 0 saturated heterocycles. The smallest absolute Gasteiger partial charge is 0.341 e. The molecule has 0 fully saturated rings. The van der Waals surface area contributed by atoms with Crippen LogP contribution < -0.4 is 5.32 Å². The maximum atomic E-state index is 12.0. The van der Waals surface area contributed by atoms with Crippen molar-refractivity contribution in [2.45, 2.75) is 11.9 Å². The number of thioether (sulfide) groups is 1. The molecule has 0 atom stereocenters. The van der Waals surface area contributed by atoms with E-state index in [-0.39, 0.29) is 10.8 Å². The molecule has 24 heavy (non-hydrogen) atoms. The molecule has 0 saturated carbocycles. The van der Waals surface area contributed by atoms with Crippen molar-refractivity contribution in [1.82, 2.24) is 9.97 Å². The Morgan fingerprint density at radius 3 is 2.79 bits per heavy atom. The van der Waals surface area contributed by atoms with Crippen molar-refractivity contribution in [3.05, 3.63) is 45.7 Å². The molecule has 1 N–H and O–H groups in total. The van der Waals surface area contributed by atoms with Crippen molar-refractivity contribution in [2.24, 2.45) is 0 Å². The molecule has 0 aliphatic carbocycles. The van der Waals surface area contributed by atoms with E-state index in [4.69, 9.17) is 27.9 Å². The van der Waals surface area contributed by atoms with E-state index >= 15 is 0 Å². The largest absolute Gasteiger partial charge is 0.452 e. The van der Waals surface area contributed by atoms with Gasteiger partial charge in [0, 0.05) is 12.4 Å². The summed E-state index contributed by atoms with van der Waals surface area (Å²) in [5.74, 6) is -1.03. The number of aromatic nitrogens is 2. The first-order chi connectivity index (χ1) is 11.4. The zero-order valence-electron chi connectivity index (χ0n) is 12.8. The topological polar surface area (TPSA) is 81.2 Å². The van der Waals surface area contributed by atoms with E-state index in [0.29, 0.717) is 21.2 Å². The highest BCUT2D eigenvalue weighted by atomic mass is 35.5. The van der Waals surface area contributed by atoms with Crippen molar-refractivity contribution in [1.29, 1.82) is 0 Å². The van der Waals surface area contributed by atoms with Crippen LogP contribution in [-0.2, 0) is 9.53 Å². The average molecular weight is 386 g/mol. The Balaban J connectivity index is 1.99. The van der Waals surface area contributed by atoms with Gasteiger partial charge in [-0.3, -0.25) is 4.79 Å². The van der Waals surface area contributed by atoms with Crippen LogP contribution in [0.15, 0.2) is 29.6 Å². The Morgan fingerprint density at radius 2 is 2.08 bits per heavy atom. The van der Waals surface area contributed by atoms with Gasteiger partial charge in [-0.05, 0) is 30.9 Å². The van der Waals surface area contributed by atoms with Gasteiger partial charge in [-0.2, -0.15) is 0 Å². The monoisotopic (exact) mass is 385 g/mol. The maximum Gasteiger partial charge on any atom is 0.341 e. The molecular weight excluding hydrogens is 373 g/mol. The third kappa shape index (κ3) is 4.37. The molecule has 9 heteroatoms. The number of pyridine rings is 2. The number of nitrogens with one attached hydrogen (secondary N) is 1. The third-order valence-corrected chi connectivity index (χ3v) is 4.53. The highest BCUT2D eigenvalue weighted by molar-refractivity contribution is 7.98. The quantitative estimate of drug-likeness (QED) is 0.625. The van der Waals surface area contributed by atoms with E-state index in [9.17, 15) is 9.59 Å². The average Bonchev–Trinajstić information content (AvgIpc) is 2.60. The first-order valence-corrected chi connectivity index (χ1v) is 8.68. The van der Waals surface area contributed by atoms with Crippen LogP contribution in [0.3, 0.4) is 0 Å². The van der Waals surface area contributed by atoms with Crippen molar-refractivity contribution in [3.8, 4) is 0 Å². The molecule has 6 nitrogen and oxygen atoms in total. The second-order valence-electron chi connectivity index (χ2n) is 4.58. The first-order valence-electron chi connectivity index (χ1n) is 6.70. The number of hydrogen-bond acceptors (Lipinski definition) is 6. The Morgan fingerprint density at radius 1 is 1.33 bits per heavy atom. The van der Waals surface area contributed by atoms with Gasteiger partial charge < -0.3 is 10.1 Å². The van der Waals surface area contributed by atoms with E-state index in [0.717, 1.165) is 0 Å². The summed E-state index contributed by atoms with van der Waals surface area (Å²) in [4.78, 5) is 31.9. The minimum absolute atomic E-state index is 0.158.